The molecular weight excluding hydrogens is 412 g/mol. The summed E-state index contributed by atoms with van der Waals surface area (Å²) in [6, 6.07) is 17.8. The second-order valence-corrected chi connectivity index (χ2v) is 8.01. The Morgan fingerprint density at radius 2 is 1.74 bits per heavy atom. The van der Waals surface area contributed by atoms with Crippen molar-refractivity contribution in [3.05, 3.63) is 60.2 Å². The lowest BCUT2D eigenvalue weighted by molar-refractivity contribution is 0.414. The Morgan fingerprint density at radius 3 is 2.55 bits per heavy atom. The van der Waals surface area contributed by atoms with E-state index in [4.69, 9.17) is 4.74 Å². The SMILES string of the molecule is COc1ccc(Cn2nnnc2SCCCCCn2nnc(-c3ccccc3)n2)cc1. The van der Waals surface area contributed by atoms with Crippen LogP contribution in [-0.4, -0.2) is 53.3 Å². The molecule has 0 atom stereocenters. The molecule has 2 aromatic carbocycles. The molecule has 0 aliphatic rings. The van der Waals surface area contributed by atoms with Crippen molar-refractivity contribution < 1.29 is 4.74 Å². The highest BCUT2D eigenvalue weighted by molar-refractivity contribution is 7.99. The Bertz CT molecular complexity index is 1060. The van der Waals surface area contributed by atoms with Crippen molar-refractivity contribution in [3.63, 3.8) is 0 Å². The number of benzene rings is 2. The van der Waals surface area contributed by atoms with Crippen LogP contribution in [0.1, 0.15) is 24.8 Å². The van der Waals surface area contributed by atoms with E-state index in [0.717, 1.165) is 53.6 Å². The lowest BCUT2D eigenvalue weighted by atomic mass is 10.2. The van der Waals surface area contributed by atoms with Gasteiger partial charge in [0, 0.05) is 11.3 Å². The molecule has 31 heavy (non-hydrogen) atoms. The van der Waals surface area contributed by atoms with Crippen LogP contribution >= 0.6 is 11.8 Å². The smallest absolute Gasteiger partial charge is 0.209 e. The van der Waals surface area contributed by atoms with Crippen LogP contribution in [0.4, 0.5) is 0 Å². The van der Waals surface area contributed by atoms with E-state index in [2.05, 4.69) is 30.9 Å². The lowest BCUT2D eigenvalue weighted by Gasteiger charge is -2.06. The molecule has 0 N–H and O–H groups in total. The quantitative estimate of drug-likeness (QED) is 0.261. The zero-order valence-electron chi connectivity index (χ0n) is 17.3. The third-order valence-electron chi connectivity index (χ3n) is 4.71. The van der Waals surface area contributed by atoms with E-state index in [1.807, 2.05) is 59.3 Å². The Morgan fingerprint density at radius 1 is 0.903 bits per heavy atom. The number of aromatic nitrogens is 8. The van der Waals surface area contributed by atoms with Gasteiger partial charge in [0.1, 0.15) is 5.75 Å². The molecule has 0 fully saturated rings. The van der Waals surface area contributed by atoms with Gasteiger partial charge < -0.3 is 4.74 Å². The van der Waals surface area contributed by atoms with Crippen LogP contribution in [0.25, 0.3) is 11.4 Å². The van der Waals surface area contributed by atoms with Gasteiger partial charge in [-0.1, -0.05) is 60.6 Å². The number of unbranched alkanes of at least 4 members (excludes halogenated alkanes) is 2. The number of ether oxygens (including phenoxy) is 1. The van der Waals surface area contributed by atoms with Gasteiger partial charge in [-0.2, -0.15) is 4.80 Å². The van der Waals surface area contributed by atoms with E-state index in [1.54, 1.807) is 23.7 Å². The zero-order valence-corrected chi connectivity index (χ0v) is 18.1. The number of hydrogen-bond acceptors (Lipinski definition) is 8. The lowest BCUT2D eigenvalue weighted by Crippen LogP contribution is -2.04. The van der Waals surface area contributed by atoms with Crippen molar-refractivity contribution in [1.29, 1.82) is 0 Å². The highest BCUT2D eigenvalue weighted by atomic mass is 32.2. The number of thioether (sulfide) groups is 1. The first-order valence-electron chi connectivity index (χ1n) is 10.2. The molecule has 0 aliphatic carbocycles. The summed E-state index contributed by atoms with van der Waals surface area (Å²) < 4.78 is 7.03. The molecule has 0 aliphatic heterocycles. The highest BCUT2D eigenvalue weighted by Crippen LogP contribution is 2.19. The summed E-state index contributed by atoms with van der Waals surface area (Å²) in [4.78, 5) is 1.67. The van der Waals surface area contributed by atoms with Gasteiger partial charge in [-0.3, -0.25) is 0 Å². The first-order chi connectivity index (χ1) is 15.3. The Balaban J connectivity index is 1.17. The third kappa shape index (κ3) is 5.88. The summed E-state index contributed by atoms with van der Waals surface area (Å²) in [6.45, 7) is 1.40. The molecule has 0 radical (unpaired) electrons. The predicted octanol–water partition coefficient (Wildman–Crippen LogP) is 3.35. The number of aryl methyl sites for hydroxylation is 1. The summed E-state index contributed by atoms with van der Waals surface area (Å²) in [5.74, 6) is 2.47. The summed E-state index contributed by atoms with van der Waals surface area (Å²) in [5.41, 5.74) is 2.11. The summed E-state index contributed by atoms with van der Waals surface area (Å²) >= 11 is 1.68. The monoisotopic (exact) mass is 436 g/mol. The zero-order chi connectivity index (χ0) is 21.3. The number of nitrogens with zero attached hydrogens (tertiary/aromatic N) is 8. The highest BCUT2D eigenvalue weighted by Gasteiger charge is 2.08. The summed E-state index contributed by atoms with van der Waals surface area (Å²) in [7, 11) is 1.66. The number of methoxy groups -OCH3 is 1. The maximum absolute atomic E-state index is 5.20. The van der Waals surface area contributed by atoms with E-state index < -0.39 is 0 Å². The van der Waals surface area contributed by atoms with E-state index >= 15 is 0 Å². The second kappa shape index (κ2) is 10.7. The molecule has 10 heteroatoms. The van der Waals surface area contributed by atoms with Crippen molar-refractivity contribution >= 4 is 11.8 Å². The van der Waals surface area contributed by atoms with E-state index in [-0.39, 0.29) is 0 Å². The molecule has 9 nitrogen and oxygen atoms in total. The molecule has 0 saturated carbocycles. The minimum Gasteiger partial charge on any atom is -0.497 e. The fourth-order valence-electron chi connectivity index (χ4n) is 3.04. The van der Waals surface area contributed by atoms with E-state index in [0.29, 0.717) is 12.4 Å². The van der Waals surface area contributed by atoms with Crippen LogP contribution in [0.5, 0.6) is 5.75 Å². The topological polar surface area (TPSA) is 96.4 Å². The fraction of sp³-hybridized carbons (Fsp3) is 0.333. The van der Waals surface area contributed by atoms with Crippen molar-refractivity contribution in [2.24, 2.45) is 0 Å². The summed E-state index contributed by atoms with van der Waals surface area (Å²) in [5, 5.41) is 25.7. The van der Waals surface area contributed by atoms with Gasteiger partial charge in [0.25, 0.3) is 0 Å². The third-order valence-corrected chi connectivity index (χ3v) is 5.75. The van der Waals surface area contributed by atoms with Crippen LogP contribution in [0.3, 0.4) is 0 Å². The van der Waals surface area contributed by atoms with Crippen LogP contribution in [0, 0.1) is 0 Å². The van der Waals surface area contributed by atoms with Gasteiger partial charge in [0.2, 0.25) is 11.0 Å². The normalized spacial score (nSPS) is 11.0. The maximum Gasteiger partial charge on any atom is 0.209 e. The molecule has 2 aromatic heterocycles. The van der Waals surface area contributed by atoms with Crippen LogP contribution in [0.15, 0.2) is 59.8 Å². The summed E-state index contributed by atoms with van der Waals surface area (Å²) in [6.07, 6.45) is 3.15. The molecule has 160 valence electrons. The average Bonchev–Trinajstić information content (AvgIpc) is 3.47. The Kier molecular flexibility index (Phi) is 7.22. The van der Waals surface area contributed by atoms with E-state index in [9.17, 15) is 0 Å². The molecule has 0 saturated heterocycles. The molecule has 4 aromatic rings. The molecule has 0 bridgehead atoms. The standard InChI is InChI=1S/C21H24N8OS/c1-30-19-12-10-17(11-13-19)16-28-21(23-25-27-28)31-15-7-3-6-14-29-24-20(22-26-29)18-8-4-2-5-9-18/h2,4-5,8-13H,3,6-7,14-16H2,1H3. The van der Waals surface area contributed by atoms with Crippen molar-refractivity contribution in [1.82, 2.24) is 40.4 Å². The van der Waals surface area contributed by atoms with Crippen molar-refractivity contribution in [3.8, 4) is 17.1 Å². The molecule has 0 amide bonds. The molecule has 0 spiro atoms. The fourth-order valence-corrected chi connectivity index (χ4v) is 3.91. The average molecular weight is 437 g/mol. The predicted molar refractivity (Wildman–Crippen MR) is 118 cm³/mol. The second-order valence-electron chi connectivity index (χ2n) is 6.95. The molecule has 4 rings (SSSR count). The minimum atomic E-state index is 0.640. The van der Waals surface area contributed by atoms with Crippen LogP contribution < -0.4 is 4.74 Å². The molecule has 0 unspecified atom stereocenters. The Hall–Kier alpha value is -3.27. The first kappa shape index (κ1) is 21.0. The molecular formula is C21H24N8OS. The van der Waals surface area contributed by atoms with Gasteiger partial charge in [0.05, 0.1) is 20.2 Å². The largest absolute Gasteiger partial charge is 0.497 e. The van der Waals surface area contributed by atoms with Gasteiger partial charge in [-0.25, -0.2) is 4.68 Å². The van der Waals surface area contributed by atoms with Crippen LogP contribution in [-0.2, 0) is 13.1 Å². The molecule has 2 heterocycles. The van der Waals surface area contributed by atoms with Crippen LogP contribution in [0.2, 0.25) is 0 Å². The van der Waals surface area contributed by atoms with Crippen molar-refractivity contribution in [2.75, 3.05) is 12.9 Å². The van der Waals surface area contributed by atoms with E-state index in [1.165, 1.54) is 0 Å². The van der Waals surface area contributed by atoms with Gasteiger partial charge >= 0.3 is 0 Å². The number of rotatable bonds is 11. The van der Waals surface area contributed by atoms with Gasteiger partial charge in [-0.15, -0.1) is 15.3 Å². The minimum absolute atomic E-state index is 0.640. The van der Waals surface area contributed by atoms with Crippen molar-refractivity contribution in [2.45, 2.75) is 37.5 Å². The number of hydrogen-bond donors (Lipinski definition) is 0. The maximum atomic E-state index is 5.20. The first-order valence-corrected chi connectivity index (χ1v) is 11.2. The van der Waals surface area contributed by atoms with Gasteiger partial charge in [0.15, 0.2) is 0 Å². The Labute approximate surface area is 184 Å². The van der Waals surface area contributed by atoms with Gasteiger partial charge in [-0.05, 0) is 46.2 Å². The number of tetrazole rings is 2.